The first kappa shape index (κ1) is 23.6. The molecule has 0 saturated heterocycles. The highest BCUT2D eigenvalue weighted by atomic mass is 19.1. The number of carbonyl (C=O) groups is 1. The minimum atomic E-state index is -0.310. The van der Waals surface area contributed by atoms with Crippen LogP contribution in [0, 0.1) is 11.6 Å². The largest absolute Gasteiger partial charge is 0.339 e. The average Bonchev–Trinajstić information content (AvgIpc) is 2.87. The quantitative estimate of drug-likeness (QED) is 0.414. The standard InChI is InChI=1S/C28H28F2N2O2/c29-24-10-6-22(7-11-24)27(23-8-12-25(30)13-9-23)14-15-28(33)32-18-16-26(17-19-32)31-34-20-21-4-2-1-3-5-21/h1-13,16,27,31H,14-15,17-20H2. The van der Waals surface area contributed by atoms with E-state index in [1.54, 1.807) is 24.3 Å². The summed E-state index contributed by atoms with van der Waals surface area (Å²) in [5, 5.41) is 0. The summed E-state index contributed by atoms with van der Waals surface area (Å²) in [6, 6.07) is 22.5. The maximum Gasteiger partial charge on any atom is 0.222 e. The van der Waals surface area contributed by atoms with Crippen molar-refractivity contribution in [2.24, 2.45) is 0 Å². The van der Waals surface area contributed by atoms with E-state index in [1.165, 1.54) is 24.3 Å². The van der Waals surface area contributed by atoms with E-state index < -0.39 is 0 Å². The van der Waals surface area contributed by atoms with Crippen molar-refractivity contribution in [1.82, 2.24) is 10.4 Å². The molecule has 0 fully saturated rings. The Morgan fingerprint density at radius 1 is 0.912 bits per heavy atom. The molecule has 1 heterocycles. The molecule has 1 aliphatic heterocycles. The van der Waals surface area contributed by atoms with Gasteiger partial charge in [0.25, 0.3) is 0 Å². The van der Waals surface area contributed by atoms with Crippen LogP contribution in [0.15, 0.2) is 90.6 Å². The van der Waals surface area contributed by atoms with Crippen LogP contribution in [0.2, 0.25) is 0 Å². The summed E-state index contributed by atoms with van der Waals surface area (Å²) in [5.74, 6) is -0.672. The Hall–Kier alpha value is -3.51. The third-order valence-electron chi connectivity index (χ3n) is 6.04. The lowest BCUT2D eigenvalue weighted by Crippen LogP contribution is -2.36. The fraction of sp³-hybridized carbons (Fsp3) is 0.250. The number of benzene rings is 3. The number of carbonyl (C=O) groups excluding carboxylic acids is 1. The monoisotopic (exact) mass is 462 g/mol. The van der Waals surface area contributed by atoms with Gasteiger partial charge in [-0.05, 0) is 53.5 Å². The van der Waals surface area contributed by atoms with Gasteiger partial charge in [-0.25, -0.2) is 8.78 Å². The highest BCUT2D eigenvalue weighted by Gasteiger charge is 2.21. The zero-order valence-corrected chi connectivity index (χ0v) is 18.9. The molecular weight excluding hydrogens is 434 g/mol. The summed E-state index contributed by atoms with van der Waals surface area (Å²) >= 11 is 0. The van der Waals surface area contributed by atoms with E-state index in [0.29, 0.717) is 39.0 Å². The Bertz CT molecular complexity index is 1050. The van der Waals surface area contributed by atoms with E-state index in [4.69, 9.17) is 4.84 Å². The van der Waals surface area contributed by atoms with Gasteiger partial charge in [0.2, 0.25) is 5.91 Å². The maximum atomic E-state index is 13.4. The smallest absolute Gasteiger partial charge is 0.222 e. The summed E-state index contributed by atoms with van der Waals surface area (Å²) in [5.41, 5.74) is 6.85. The minimum absolute atomic E-state index is 0.0646. The molecule has 0 spiro atoms. The number of amides is 1. The van der Waals surface area contributed by atoms with Crippen LogP contribution < -0.4 is 5.48 Å². The summed E-state index contributed by atoms with van der Waals surface area (Å²) in [7, 11) is 0. The van der Waals surface area contributed by atoms with Crippen LogP contribution in [0.4, 0.5) is 8.78 Å². The lowest BCUT2D eigenvalue weighted by molar-refractivity contribution is -0.131. The normalized spacial score (nSPS) is 13.6. The molecule has 1 aliphatic rings. The first-order valence-corrected chi connectivity index (χ1v) is 11.5. The van der Waals surface area contributed by atoms with Crippen molar-refractivity contribution < 1.29 is 18.4 Å². The Kier molecular flexibility index (Phi) is 8.04. The highest BCUT2D eigenvalue weighted by molar-refractivity contribution is 5.76. The van der Waals surface area contributed by atoms with Gasteiger partial charge in [-0.15, -0.1) is 0 Å². The third kappa shape index (κ3) is 6.51. The summed E-state index contributed by atoms with van der Waals surface area (Å²) < 4.78 is 26.9. The van der Waals surface area contributed by atoms with Crippen LogP contribution in [-0.2, 0) is 16.2 Å². The fourth-order valence-corrected chi connectivity index (χ4v) is 4.12. The minimum Gasteiger partial charge on any atom is -0.339 e. The van der Waals surface area contributed by atoms with E-state index >= 15 is 0 Å². The van der Waals surface area contributed by atoms with Crippen molar-refractivity contribution in [2.45, 2.75) is 31.8 Å². The molecule has 34 heavy (non-hydrogen) atoms. The second-order valence-corrected chi connectivity index (χ2v) is 8.39. The lowest BCUT2D eigenvalue weighted by Gasteiger charge is -2.27. The van der Waals surface area contributed by atoms with Crippen molar-refractivity contribution >= 4 is 5.91 Å². The molecule has 4 nitrogen and oxygen atoms in total. The van der Waals surface area contributed by atoms with Crippen molar-refractivity contribution in [3.05, 3.63) is 119 Å². The molecule has 176 valence electrons. The molecule has 0 bridgehead atoms. The molecular formula is C28H28F2N2O2. The van der Waals surface area contributed by atoms with Gasteiger partial charge in [-0.2, -0.15) is 0 Å². The highest BCUT2D eigenvalue weighted by Crippen LogP contribution is 2.30. The van der Waals surface area contributed by atoms with Gasteiger partial charge >= 0.3 is 0 Å². The fourth-order valence-electron chi connectivity index (χ4n) is 4.12. The van der Waals surface area contributed by atoms with Gasteiger partial charge in [0.05, 0.1) is 6.61 Å². The van der Waals surface area contributed by atoms with E-state index in [9.17, 15) is 13.6 Å². The van der Waals surface area contributed by atoms with Gasteiger partial charge in [0.1, 0.15) is 11.6 Å². The number of hydrogen-bond donors (Lipinski definition) is 1. The summed E-state index contributed by atoms with van der Waals surface area (Å²) in [6.45, 7) is 1.60. The molecule has 1 amide bonds. The van der Waals surface area contributed by atoms with Crippen LogP contribution in [0.3, 0.4) is 0 Å². The van der Waals surface area contributed by atoms with Gasteiger partial charge in [-0.3, -0.25) is 15.1 Å². The number of nitrogens with one attached hydrogen (secondary N) is 1. The Morgan fingerprint density at radius 2 is 1.53 bits per heavy atom. The zero-order valence-electron chi connectivity index (χ0n) is 18.9. The Labute approximate surface area is 198 Å². The van der Waals surface area contributed by atoms with Crippen molar-refractivity contribution in [1.29, 1.82) is 0 Å². The third-order valence-corrected chi connectivity index (χ3v) is 6.04. The van der Waals surface area contributed by atoms with Crippen molar-refractivity contribution in [3.8, 4) is 0 Å². The molecule has 0 aliphatic carbocycles. The number of rotatable bonds is 9. The molecule has 0 unspecified atom stereocenters. The number of halogens is 2. The average molecular weight is 463 g/mol. The second-order valence-electron chi connectivity index (χ2n) is 8.39. The Morgan fingerprint density at radius 3 is 2.09 bits per heavy atom. The van der Waals surface area contributed by atoms with Gasteiger partial charge in [-0.1, -0.05) is 54.6 Å². The van der Waals surface area contributed by atoms with Crippen LogP contribution in [0.25, 0.3) is 0 Å². The van der Waals surface area contributed by atoms with Gasteiger partial charge < -0.3 is 4.90 Å². The van der Waals surface area contributed by atoms with Crippen molar-refractivity contribution in [3.63, 3.8) is 0 Å². The lowest BCUT2D eigenvalue weighted by atomic mass is 9.87. The predicted octanol–water partition coefficient (Wildman–Crippen LogP) is 5.71. The summed E-state index contributed by atoms with van der Waals surface area (Å²) in [6.07, 6.45) is 3.58. The SMILES string of the molecule is O=C(CCC(c1ccc(F)cc1)c1ccc(F)cc1)N1CC=C(NOCc2ccccc2)CC1. The topological polar surface area (TPSA) is 41.6 Å². The molecule has 0 saturated carbocycles. The predicted molar refractivity (Wildman–Crippen MR) is 128 cm³/mol. The molecule has 3 aromatic rings. The second kappa shape index (κ2) is 11.6. The molecule has 3 aromatic carbocycles. The first-order valence-electron chi connectivity index (χ1n) is 11.5. The van der Waals surface area contributed by atoms with E-state index in [2.05, 4.69) is 5.48 Å². The van der Waals surface area contributed by atoms with E-state index in [0.717, 1.165) is 22.4 Å². The Balaban J connectivity index is 1.31. The molecule has 0 aromatic heterocycles. The molecule has 4 rings (SSSR count). The van der Waals surface area contributed by atoms with E-state index in [-0.39, 0.29) is 23.5 Å². The van der Waals surface area contributed by atoms with Crippen molar-refractivity contribution in [2.75, 3.05) is 13.1 Å². The number of hydrogen-bond acceptors (Lipinski definition) is 3. The van der Waals surface area contributed by atoms with Gasteiger partial charge in [0, 0.05) is 37.5 Å². The molecule has 0 atom stereocenters. The molecule has 1 N–H and O–H groups in total. The number of hydroxylamine groups is 1. The van der Waals surface area contributed by atoms with Crippen LogP contribution in [0.5, 0.6) is 0 Å². The molecule has 0 radical (unpaired) electrons. The zero-order chi connectivity index (χ0) is 23.8. The molecule has 6 heteroatoms. The summed E-state index contributed by atoms with van der Waals surface area (Å²) in [4.78, 5) is 20.3. The maximum absolute atomic E-state index is 13.4. The van der Waals surface area contributed by atoms with Crippen LogP contribution in [-0.4, -0.2) is 23.9 Å². The van der Waals surface area contributed by atoms with Gasteiger partial charge in [0.15, 0.2) is 0 Å². The van der Waals surface area contributed by atoms with E-state index in [1.807, 2.05) is 41.3 Å². The van der Waals surface area contributed by atoms with Crippen LogP contribution in [0.1, 0.15) is 41.9 Å². The number of nitrogens with zero attached hydrogens (tertiary/aromatic N) is 1. The van der Waals surface area contributed by atoms with Crippen LogP contribution >= 0.6 is 0 Å². The first-order chi connectivity index (χ1) is 16.6.